The minimum Gasteiger partial charge on any atom is -0.287 e. The first-order valence-corrected chi connectivity index (χ1v) is 7.78. The predicted molar refractivity (Wildman–Crippen MR) is 77.5 cm³/mol. The standard InChI is InChI=1S/C14H17N3OS/c18-13-10-19-14(16-12-8-4-5-9-15-12)17(13)11-6-2-1-3-7-11/h4-5,8-9,11H,1-3,6-7,10H2/b16-14+. The minimum absolute atomic E-state index is 0.201. The van der Waals surface area contributed by atoms with Crippen molar-refractivity contribution < 1.29 is 4.79 Å². The number of aromatic nitrogens is 1. The van der Waals surface area contributed by atoms with Gasteiger partial charge in [0.15, 0.2) is 11.0 Å². The summed E-state index contributed by atoms with van der Waals surface area (Å²) in [5.41, 5.74) is 0. The molecule has 1 saturated carbocycles. The van der Waals surface area contributed by atoms with Crippen LogP contribution >= 0.6 is 11.8 Å². The van der Waals surface area contributed by atoms with E-state index in [-0.39, 0.29) is 5.91 Å². The van der Waals surface area contributed by atoms with Gasteiger partial charge in [-0.2, -0.15) is 0 Å². The van der Waals surface area contributed by atoms with Crippen molar-refractivity contribution in [3.63, 3.8) is 0 Å². The zero-order valence-corrected chi connectivity index (χ0v) is 11.6. The van der Waals surface area contributed by atoms with E-state index in [0.717, 1.165) is 18.0 Å². The zero-order chi connectivity index (χ0) is 13.1. The Bertz CT molecular complexity index is 483. The fourth-order valence-corrected chi connectivity index (χ4v) is 3.61. The Labute approximate surface area is 117 Å². The number of pyridine rings is 1. The minimum atomic E-state index is 0.201. The zero-order valence-electron chi connectivity index (χ0n) is 10.8. The summed E-state index contributed by atoms with van der Waals surface area (Å²) in [6, 6.07) is 6.00. The highest BCUT2D eigenvalue weighted by atomic mass is 32.2. The van der Waals surface area contributed by atoms with E-state index in [1.54, 1.807) is 6.20 Å². The molecule has 1 aromatic heterocycles. The lowest BCUT2D eigenvalue weighted by molar-refractivity contribution is -0.126. The first-order valence-electron chi connectivity index (χ1n) is 6.79. The summed E-state index contributed by atoms with van der Waals surface area (Å²) in [7, 11) is 0. The summed E-state index contributed by atoms with van der Waals surface area (Å²) in [5, 5.41) is 0.829. The Morgan fingerprint density at radius 2 is 2.11 bits per heavy atom. The molecule has 100 valence electrons. The highest BCUT2D eigenvalue weighted by Gasteiger charge is 2.34. The Hall–Kier alpha value is -1.36. The smallest absolute Gasteiger partial charge is 0.239 e. The molecule has 0 N–H and O–H groups in total. The first-order chi connectivity index (χ1) is 9.34. The van der Waals surface area contributed by atoms with Gasteiger partial charge in [-0.1, -0.05) is 37.1 Å². The average Bonchev–Trinajstić information content (AvgIpc) is 2.82. The van der Waals surface area contributed by atoms with Crippen LogP contribution in [0.1, 0.15) is 32.1 Å². The third-order valence-corrected chi connectivity index (χ3v) is 4.54. The van der Waals surface area contributed by atoms with Crippen molar-refractivity contribution in [3.8, 4) is 0 Å². The van der Waals surface area contributed by atoms with Gasteiger partial charge in [0.1, 0.15) is 0 Å². The fourth-order valence-electron chi connectivity index (χ4n) is 2.68. The van der Waals surface area contributed by atoms with Crippen LogP contribution in [0.3, 0.4) is 0 Å². The molecule has 3 rings (SSSR count). The molecule has 0 unspecified atom stereocenters. The van der Waals surface area contributed by atoms with Gasteiger partial charge in [0, 0.05) is 12.2 Å². The van der Waals surface area contributed by atoms with Crippen molar-refractivity contribution in [1.82, 2.24) is 9.88 Å². The van der Waals surface area contributed by atoms with Gasteiger partial charge in [-0.25, -0.2) is 9.98 Å². The van der Waals surface area contributed by atoms with Crippen LogP contribution in [-0.2, 0) is 4.79 Å². The van der Waals surface area contributed by atoms with Gasteiger partial charge in [-0.05, 0) is 25.0 Å². The lowest BCUT2D eigenvalue weighted by Gasteiger charge is -2.30. The molecule has 1 aliphatic carbocycles. The van der Waals surface area contributed by atoms with Gasteiger partial charge in [0.2, 0.25) is 5.91 Å². The lowest BCUT2D eigenvalue weighted by atomic mass is 9.94. The quantitative estimate of drug-likeness (QED) is 0.833. The Kier molecular flexibility index (Phi) is 3.82. The Morgan fingerprint density at radius 1 is 1.26 bits per heavy atom. The number of hydrogen-bond acceptors (Lipinski definition) is 4. The summed E-state index contributed by atoms with van der Waals surface area (Å²) in [5.74, 6) is 1.40. The second-order valence-electron chi connectivity index (χ2n) is 4.93. The number of rotatable bonds is 2. The van der Waals surface area contributed by atoms with Crippen molar-refractivity contribution >= 4 is 28.7 Å². The number of amides is 1. The van der Waals surface area contributed by atoms with Crippen molar-refractivity contribution in [2.75, 3.05) is 5.75 Å². The number of carbonyl (C=O) groups excluding carboxylic acids is 1. The Balaban J connectivity index is 1.83. The molecular weight excluding hydrogens is 258 g/mol. The van der Waals surface area contributed by atoms with Crippen LogP contribution in [0.25, 0.3) is 0 Å². The molecule has 1 aliphatic heterocycles. The number of carbonyl (C=O) groups is 1. The molecule has 2 heterocycles. The largest absolute Gasteiger partial charge is 0.287 e. The van der Waals surface area contributed by atoms with E-state index in [1.807, 2.05) is 23.1 Å². The third kappa shape index (κ3) is 2.81. The van der Waals surface area contributed by atoms with E-state index >= 15 is 0 Å². The number of hydrogen-bond donors (Lipinski definition) is 0. The van der Waals surface area contributed by atoms with Gasteiger partial charge >= 0.3 is 0 Å². The van der Waals surface area contributed by atoms with Crippen LogP contribution in [0.15, 0.2) is 29.4 Å². The van der Waals surface area contributed by atoms with Crippen LogP contribution in [0.2, 0.25) is 0 Å². The molecule has 1 aromatic rings. The normalized spacial score (nSPS) is 23.3. The van der Waals surface area contributed by atoms with Crippen LogP contribution < -0.4 is 0 Å². The maximum Gasteiger partial charge on any atom is 0.239 e. The van der Waals surface area contributed by atoms with Crippen molar-refractivity contribution in [3.05, 3.63) is 24.4 Å². The lowest BCUT2D eigenvalue weighted by Crippen LogP contribution is -2.40. The van der Waals surface area contributed by atoms with E-state index in [2.05, 4.69) is 9.98 Å². The molecule has 1 saturated heterocycles. The van der Waals surface area contributed by atoms with E-state index in [0.29, 0.717) is 17.6 Å². The molecule has 0 radical (unpaired) electrons. The van der Waals surface area contributed by atoms with Gasteiger partial charge in [-0.15, -0.1) is 0 Å². The van der Waals surface area contributed by atoms with Crippen LogP contribution in [0.5, 0.6) is 0 Å². The van der Waals surface area contributed by atoms with Gasteiger partial charge in [0.25, 0.3) is 0 Å². The summed E-state index contributed by atoms with van der Waals surface area (Å²) in [4.78, 5) is 22.7. The molecule has 4 nitrogen and oxygen atoms in total. The number of nitrogens with zero attached hydrogens (tertiary/aromatic N) is 3. The second-order valence-corrected chi connectivity index (χ2v) is 5.87. The second kappa shape index (κ2) is 5.74. The summed E-state index contributed by atoms with van der Waals surface area (Å²) in [6.07, 6.45) is 7.66. The maximum atomic E-state index is 12.1. The van der Waals surface area contributed by atoms with E-state index in [1.165, 1.54) is 31.0 Å². The molecular formula is C14H17N3OS. The average molecular weight is 275 g/mol. The molecule has 1 amide bonds. The number of thioether (sulfide) groups is 1. The third-order valence-electron chi connectivity index (χ3n) is 3.60. The maximum absolute atomic E-state index is 12.1. The van der Waals surface area contributed by atoms with E-state index in [9.17, 15) is 4.79 Å². The van der Waals surface area contributed by atoms with Gasteiger partial charge in [-0.3, -0.25) is 9.69 Å². The molecule has 2 fully saturated rings. The van der Waals surface area contributed by atoms with Crippen molar-refractivity contribution in [2.24, 2.45) is 4.99 Å². The topological polar surface area (TPSA) is 45.6 Å². The van der Waals surface area contributed by atoms with E-state index < -0.39 is 0 Å². The predicted octanol–water partition coefficient (Wildman–Crippen LogP) is 2.98. The van der Waals surface area contributed by atoms with Crippen molar-refractivity contribution in [1.29, 1.82) is 0 Å². The molecule has 19 heavy (non-hydrogen) atoms. The summed E-state index contributed by atoms with van der Waals surface area (Å²) >= 11 is 1.53. The molecule has 2 aliphatic rings. The highest BCUT2D eigenvalue weighted by Crippen LogP contribution is 2.30. The summed E-state index contributed by atoms with van der Waals surface area (Å²) < 4.78 is 0. The van der Waals surface area contributed by atoms with Gasteiger partial charge < -0.3 is 0 Å². The number of amidine groups is 1. The fraction of sp³-hybridized carbons (Fsp3) is 0.500. The molecule has 0 bridgehead atoms. The molecule has 0 aromatic carbocycles. The van der Waals surface area contributed by atoms with Crippen LogP contribution in [0, 0.1) is 0 Å². The monoisotopic (exact) mass is 275 g/mol. The highest BCUT2D eigenvalue weighted by molar-refractivity contribution is 8.15. The number of aliphatic imine (C=N–C) groups is 1. The molecule has 0 spiro atoms. The van der Waals surface area contributed by atoms with Crippen LogP contribution in [0.4, 0.5) is 5.82 Å². The first kappa shape index (κ1) is 12.7. The SMILES string of the molecule is O=C1CS/C(=N/c2ccccn2)N1C1CCCCC1. The van der Waals surface area contributed by atoms with Crippen LogP contribution in [-0.4, -0.2) is 32.8 Å². The van der Waals surface area contributed by atoms with Crippen molar-refractivity contribution in [2.45, 2.75) is 38.1 Å². The molecule has 5 heteroatoms. The van der Waals surface area contributed by atoms with Gasteiger partial charge in [0.05, 0.1) is 5.75 Å². The van der Waals surface area contributed by atoms with E-state index in [4.69, 9.17) is 0 Å². The summed E-state index contributed by atoms with van der Waals surface area (Å²) in [6.45, 7) is 0. The molecule has 0 atom stereocenters. The Morgan fingerprint density at radius 3 is 2.84 bits per heavy atom.